The second-order valence-corrected chi connectivity index (χ2v) is 5.89. The molecule has 2 rings (SSSR count). The first-order valence-corrected chi connectivity index (χ1v) is 7.07. The number of likely N-dealkylation sites (N-methyl/N-ethyl adjacent to an activating group) is 1. The third-order valence-corrected chi connectivity index (χ3v) is 4.22. The fourth-order valence-electron chi connectivity index (χ4n) is 2.34. The van der Waals surface area contributed by atoms with Gasteiger partial charge in [-0.05, 0) is 34.0 Å². The highest BCUT2D eigenvalue weighted by atomic mass is 32.1. The molecule has 0 radical (unpaired) electrons. The monoisotopic (exact) mass is 254 g/mol. The average molecular weight is 254 g/mol. The SMILES string of the molecule is CNCc1cnc(N2CCCN(C)CC2C)s1. The van der Waals surface area contributed by atoms with Crippen LogP contribution in [-0.4, -0.2) is 49.7 Å². The van der Waals surface area contributed by atoms with Gasteiger partial charge in [-0.3, -0.25) is 0 Å². The summed E-state index contributed by atoms with van der Waals surface area (Å²) in [5, 5.41) is 4.35. The second kappa shape index (κ2) is 5.80. The maximum Gasteiger partial charge on any atom is 0.185 e. The van der Waals surface area contributed by atoms with E-state index in [0.29, 0.717) is 6.04 Å². The van der Waals surface area contributed by atoms with Crippen LogP contribution in [0.5, 0.6) is 0 Å². The Morgan fingerprint density at radius 2 is 2.35 bits per heavy atom. The van der Waals surface area contributed by atoms with Crippen LogP contribution in [0.4, 0.5) is 5.13 Å². The molecular formula is C12H22N4S. The normalized spacial score (nSPS) is 22.8. The van der Waals surface area contributed by atoms with Crippen molar-refractivity contribution < 1.29 is 0 Å². The van der Waals surface area contributed by atoms with Crippen molar-refractivity contribution >= 4 is 16.5 Å². The van der Waals surface area contributed by atoms with Crippen molar-refractivity contribution in [2.45, 2.75) is 25.9 Å². The van der Waals surface area contributed by atoms with E-state index >= 15 is 0 Å². The van der Waals surface area contributed by atoms with Crippen molar-refractivity contribution in [1.29, 1.82) is 0 Å². The quantitative estimate of drug-likeness (QED) is 0.883. The molecule has 17 heavy (non-hydrogen) atoms. The minimum atomic E-state index is 0.552. The summed E-state index contributed by atoms with van der Waals surface area (Å²) in [5.74, 6) is 0. The molecule has 96 valence electrons. The number of thiazole rings is 1. The maximum atomic E-state index is 4.56. The minimum Gasteiger partial charge on any atom is -0.344 e. The number of hydrogen-bond acceptors (Lipinski definition) is 5. The molecule has 1 atom stereocenters. The molecule has 0 aromatic carbocycles. The molecule has 0 aliphatic carbocycles. The summed E-state index contributed by atoms with van der Waals surface area (Å²) in [6.45, 7) is 6.65. The summed E-state index contributed by atoms with van der Waals surface area (Å²) in [4.78, 5) is 10.7. The van der Waals surface area contributed by atoms with Crippen molar-refractivity contribution in [3.8, 4) is 0 Å². The lowest BCUT2D eigenvalue weighted by molar-refractivity contribution is 0.337. The molecule has 1 fully saturated rings. The largest absolute Gasteiger partial charge is 0.344 e. The van der Waals surface area contributed by atoms with Crippen LogP contribution in [0, 0.1) is 0 Å². The van der Waals surface area contributed by atoms with Crippen molar-refractivity contribution in [2.24, 2.45) is 0 Å². The summed E-state index contributed by atoms with van der Waals surface area (Å²) in [7, 11) is 4.18. The fourth-order valence-corrected chi connectivity index (χ4v) is 3.39. The first-order valence-electron chi connectivity index (χ1n) is 6.25. The Kier molecular flexibility index (Phi) is 4.36. The lowest BCUT2D eigenvalue weighted by atomic mass is 10.3. The number of nitrogens with zero attached hydrogens (tertiary/aromatic N) is 3. The topological polar surface area (TPSA) is 31.4 Å². The molecular weight excluding hydrogens is 232 g/mol. The molecule has 1 aliphatic heterocycles. The van der Waals surface area contributed by atoms with E-state index in [9.17, 15) is 0 Å². The maximum absolute atomic E-state index is 4.56. The molecule has 1 aliphatic rings. The third kappa shape index (κ3) is 3.18. The molecule has 4 nitrogen and oxygen atoms in total. The van der Waals surface area contributed by atoms with Gasteiger partial charge in [-0.1, -0.05) is 0 Å². The van der Waals surface area contributed by atoms with Crippen LogP contribution >= 0.6 is 11.3 Å². The summed E-state index contributed by atoms with van der Waals surface area (Å²) in [6, 6.07) is 0.552. The summed E-state index contributed by atoms with van der Waals surface area (Å²) in [6.07, 6.45) is 3.22. The van der Waals surface area contributed by atoms with Gasteiger partial charge in [0.2, 0.25) is 0 Å². The van der Waals surface area contributed by atoms with Gasteiger partial charge < -0.3 is 15.1 Å². The van der Waals surface area contributed by atoms with Crippen molar-refractivity contribution in [1.82, 2.24) is 15.2 Å². The lowest BCUT2D eigenvalue weighted by Crippen LogP contribution is -2.37. The zero-order valence-electron chi connectivity index (χ0n) is 10.9. The predicted molar refractivity (Wildman–Crippen MR) is 73.8 cm³/mol. The Balaban J connectivity index is 2.08. The minimum absolute atomic E-state index is 0.552. The predicted octanol–water partition coefficient (Wildman–Crippen LogP) is 1.39. The van der Waals surface area contributed by atoms with Crippen LogP contribution in [0.3, 0.4) is 0 Å². The molecule has 0 saturated carbocycles. The standard InChI is InChI=1S/C12H22N4S/c1-10-9-15(3)5-4-6-16(10)12-14-8-11(17-12)7-13-2/h8,10,13H,4-7,9H2,1-3H3. The van der Waals surface area contributed by atoms with Gasteiger partial charge in [-0.15, -0.1) is 11.3 Å². The number of rotatable bonds is 3. The van der Waals surface area contributed by atoms with Crippen LogP contribution in [0.15, 0.2) is 6.20 Å². The van der Waals surface area contributed by atoms with Crippen LogP contribution in [0.1, 0.15) is 18.2 Å². The Morgan fingerprint density at radius 1 is 1.53 bits per heavy atom. The van der Waals surface area contributed by atoms with Gasteiger partial charge in [-0.25, -0.2) is 4.98 Å². The Morgan fingerprint density at radius 3 is 3.12 bits per heavy atom. The molecule has 0 spiro atoms. The number of hydrogen-bond donors (Lipinski definition) is 1. The van der Waals surface area contributed by atoms with Crippen LogP contribution in [0.2, 0.25) is 0 Å². The van der Waals surface area contributed by atoms with E-state index in [1.165, 1.54) is 23.0 Å². The van der Waals surface area contributed by atoms with Gasteiger partial charge in [0.05, 0.1) is 0 Å². The van der Waals surface area contributed by atoms with Crippen LogP contribution in [0.25, 0.3) is 0 Å². The van der Waals surface area contributed by atoms with E-state index in [1.54, 1.807) is 0 Å². The van der Waals surface area contributed by atoms with E-state index < -0.39 is 0 Å². The van der Waals surface area contributed by atoms with Gasteiger partial charge in [0, 0.05) is 36.8 Å². The highest BCUT2D eigenvalue weighted by Gasteiger charge is 2.21. The van der Waals surface area contributed by atoms with E-state index in [-0.39, 0.29) is 0 Å². The van der Waals surface area contributed by atoms with Crippen LogP contribution in [-0.2, 0) is 6.54 Å². The van der Waals surface area contributed by atoms with Crippen molar-refractivity contribution in [3.05, 3.63) is 11.1 Å². The zero-order chi connectivity index (χ0) is 12.3. The number of anilines is 1. The Bertz CT molecular complexity index is 352. The highest BCUT2D eigenvalue weighted by Crippen LogP contribution is 2.25. The molecule has 1 aromatic rings. The Labute approximate surface area is 108 Å². The molecule has 1 N–H and O–H groups in total. The van der Waals surface area contributed by atoms with Gasteiger partial charge >= 0.3 is 0 Å². The second-order valence-electron chi connectivity index (χ2n) is 4.80. The number of aromatic nitrogens is 1. The fraction of sp³-hybridized carbons (Fsp3) is 0.750. The summed E-state index contributed by atoms with van der Waals surface area (Å²) >= 11 is 1.81. The van der Waals surface area contributed by atoms with Gasteiger partial charge in [0.15, 0.2) is 5.13 Å². The highest BCUT2D eigenvalue weighted by molar-refractivity contribution is 7.15. The van der Waals surface area contributed by atoms with E-state index in [0.717, 1.165) is 19.6 Å². The molecule has 0 amide bonds. The smallest absolute Gasteiger partial charge is 0.185 e. The average Bonchev–Trinajstić information content (AvgIpc) is 2.66. The Hall–Kier alpha value is -0.650. The molecule has 2 heterocycles. The third-order valence-electron chi connectivity index (χ3n) is 3.18. The molecule has 1 saturated heterocycles. The summed E-state index contributed by atoms with van der Waals surface area (Å²) < 4.78 is 0. The van der Waals surface area contributed by atoms with E-state index in [2.05, 4.69) is 34.1 Å². The van der Waals surface area contributed by atoms with Crippen molar-refractivity contribution in [3.63, 3.8) is 0 Å². The molecule has 1 aromatic heterocycles. The van der Waals surface area contributed by atoms with E-state index in [1.807, 2.05) is 24.6 Å². The van der Waals surface area contributed by atoms with Crippen molar-refractivity contribution in [2.75, 3.05) is 38.6 Å². The molecule has 1 unspecified atom stereocenters. The first-order chi connectivity index (χ1) is 8.20. The van der Waals surface area contributed by atoms with E-state index in [4.69, 9.17) is 0 Å². The van der Waals surface area contributed by atoms with Crippen LogP contribution < -0.4 is 10.2 Å². The first kappa shape index (κ1) is 12.8. The molecule has 5 heteroatoms. The van der Waals surface area contributed by atoms with Gasteiger partial charge in [0.1, 0.15) is 0 Å². The number of nitrogens with one attached hydrogen (secondary N) is 1. The van der Waals surface area contributed by atoms with Gasteiger partial charge in [-0.2, -0.15) is 0 Å². The van der Waals surface area contributed by atoms with Gasteiger partial charge in [0.25, 0.3) is 0 Å². The zero-order valence-corrected chi connectivity index (χ0v) is 11.8. The molecule has 0 bridgehead atoms. The summed E-state index contributed by atoms with van der Waals surface area (Å²) in [5.41, 5.74) is 0. The lowest BCUT2D eigenvalue weighted by Gasteiger charge is -2.27.